The fourth-order valence-electron chi connectivity index (χ4n) is 1.04. The van der Waals surface area contributed by atoms with Crippen LogP contribution in [-0.2, 0) is 0 Å². The van der Waals surface area contributed by atoms with Crippen LogP contribution >= 0.6 is 0 Å². The fraction of sp³-hybridized carbons (Fsp3) is 0.143. The van der Waals surface area contributed by atoms with Crippen molar-refractivity contribution in [1.29, 1.82) is 0 Å². The predicted molar refractivity (Wildman–Crippen MR) is 61.9 cm³/mol. The smallest absolute Gasteiger partial charge is 0.0249 e. The largest absolute Gasteiger partial charge is 0.0978 e. The third kappa shape index (κ3) is 2.95. The van der Waals surface area contributed by atoms with Gasteiger partial charge in [0.05, 0.1) is 0 Å². The molecule has 70 valence electrons. The molecule has 1 aromatic rings. The molecule has 0 N–H and O–H groups in total. The van der Waals surface area contributed by atoms with Crippen LogP contribution in [0.15, 0.2) is 54.1 Å². The van der Waals surface area contributed by atoms with Gasteiger partial charge in [-0.25, -0.2) is 0 Å². The molecule has 0 unspecified atom stereocenters. The van der Waals surface area contributed by atoms with Gasteiger partial charge in [-0.15, -0.1) is 0 Å². The zero-order chi connectivity index (χ0) is 10.4. The quantitative estimate of drug-likeness (QED) is 0.460. The van der Waals surface area contributed by atoms with E-state index in [1.165, 1.54) is 5.57 Å². The summed E-state index contributed by atoms with van der Waals surface area (Å²) in [6.45, 7) is 7.81. The highest BCUT2D eigenvalue weighted by Gasteiger charge is 1.87. The molecule has 14 heavy (non-hydrogen) atoms. The standard InChI is InChI=1S/C14H14/c1-4-14(12(2)3)11-10-13-8-6-5-7-9-13/h4-9H,1H2,2-3H3. The van der Waals surface area contributed by atoms with Gasteiger partial charge in [0, 0.05) is 11.1 Å². The Morgan fingerprint density at radius 2 is 1.86 bits per heavy atom. The molecular formula is C14H14. The van der Waals surface area contributed by atoms with Crippen molar-refractivity contribution < 1.29 is 0 Å². The second-order valence-corrected chi connectivity index (χ2v) is 3.23. The lowest BCUT2D eigenvalue weighted by Gasteiger charge is -1.92. The molecular weight excluding hydrogens is 168 g/mol. The van der Waals surface area contributed by atoms with E-state index in [4.69, 9.17) is 0 Å². The second-order valence-electron chi connectivity index (χ2n) is 3.23. The predicted octanol–water partition coefficient (Wildman–Crippen LogP) is 3.56. The van der Waals surface area contributed by atoms with Gasteiger partial charge in [-0.05, 0) is 26.0 Å². The van der Waals surface area contributed by atoms with E-state index >= 15 is 0 Å². The second kappa shape index (κ2) is 5.09. The van der Waals surface area contributed by atoms with E-state index in [1.54, 1.807) is 6.08 Å². The summed E-state index contributed by atoms with van der Waals surface area (Å²) in [5, 5.41) is 0. The third-order valence-corrected chi connectivity index (χ3v) is 1.86. The molecule has 0 fully saturated rings. The van der Waals surface area contributed by atoms with E-state index in [-0.39, 0.29) is 0 Å². The van der Waals surface area contributed by atoms with Gasteiger partial charge in [-0.3, -0.25) is 0 Å². The van der Waals surface area contributed by atoms with E-state index in [2.05, 4.69) is 18.4 Å². The molecule has 1 aromatic carbocycles. The van der Waals surface area contributed by atoms with Gasteiger partial charge >= 0.3 is 0 Å². The number of hydrogen-bond donors (Lipinski definition) is 0. The zero-order valence-corrected chi connectivity index (χ0v) is 8.67. The molecule has 0 atom stereocenters. The van der Waals surface area contributed by atoms with E-state index in [1.807, 2.05) is 44.2 Å². The van der Waals surface area contributed by atoms with Crippen molar-refractivity contribution >= 4 is 0 Å². The Labute approximate surface area is 86.0 Å². The SMILES string of the molecule is C=CC(C#Cc1ccccc1)=C(C)C. The molecule has 0 saturated carbocycles. The lowest BCUT2D eigenvalue weighted by atomic mass is 10.1. The minimum atomic E-state index is 1.01. The minimum absolute atomic E-state index is 1.01. The van der Waals surface area contributed by atoms with Gasteiger partial charge in [0.25, 0.3) is 0 Å². The minimum Gasteiger partial charge on any atom is -0.0978 e. The molecule has 1 rings (SSSR count). The number of allylic oxidation sites excluding steroid dienone is 3. The first-order chi connectivity index (χ1) is 6.74. The van der Waals surface area contributed by atoms with Crippen molar-refractivity contribution in [3.05, 3.63) is 59.7 Å². The van der Waals surface area contributed by atoms with Crippen molar-refractivity contribution in [1.82, 2.24) is 0 Å². The van der Waals surface area contributed by atoms with E-state index in [0.29, 0.717) is 0 Å². The Hall–Kier alpha value is -1.74. The maximum absolute atomic E-state index is 3.73. The Balaban J connectivity index is 2.94. The Bertz CT molecular complexity index is 393. The zero-order valence-electron chi connectivity index (χ0n) is 8.67. The molecule has 0 aromatic heterocycles. The van der Waals surface area contributed by atoms with Gasteiger partial charge in [0.2, 0.25) is 0 Å². The normalized spacial score (nSPS) is 8.43. The van der Waals surface area contributed by atoms with Crippen molar-refractivity contribution in [2.75, 3.05) is 0 Å². The van der Waals surface area contributed by atoms with Gasteiger partial charge in [-0.1, -0.05) is 48.3 Å². The van der Waals surface area contributed by atoms with E-state index in [0.717, 1.165) is 11.1 Å². The van der Waals surface area contributed by atoms with Crippen LogP contribution < -0.4 is 0 Å². The first kappa shape index (κ1) is 10.3. The molecule has 0 heteroatoms. The van der Waals surface area contributed by atoms with Gasteiger partial charge in [-0.2, -0.15) is 0 Å². The number of benzene rings is 1. The van der Waals surface area contributed by atoms with Gasteiger partial charge < -0.3 is 0 Å². The molecule has 0 bridgehead atoms. The maximum atomic E-state index is 3.73. The van der Waals surface area contributed by atoms with E-state index in [9.17, 15) is 0 Å². The first-order valence-electron chi connectivity index (χ1n) is 4.61. The van der Waals surface area contributed by atoms with Gasteiger partial charge in [0.15, 0.2) is 0 Å². The van der Waals surface area contributed by atoms with Crippen LogP contribution in [0.25, 0.3) is 0 Å². The lowest BCUT2D eigenvalue weighted by Crippen LogP contribution is -1.77. The highest BCUT2D eigenvalue weighted by Crippen LogP contribution is 2.03. The molecule has 0 aliphatic carbocycles. The Morgan fingerprint density at radius 3 is 2.36 bits per heavy atom. The van der Waals surface area contributed by atoms with Crippen LogP contribution in [0.1, 0.15) is 19.4 Å². The molecule has 0 nitrogen and oxygen atoms in total. The average molecular weight is 182 g/mol. The van der Waals surface area contributed by atoms with Crippen LogP contribution in [0.2, 0.25) is 0 Å². The van der Waals surface area contributed by atoms with Crippen molar-refractivity contribution in [3.8, 4) is 11.8 Å². The Morgan fingerprint density at radius 1 is 1.21 bits per heavy atom. The van der Waals surface area contributed by atoms with Crippen LogP contribution in [0.3, 0.4) is 0 Å². The highest BCUT2D eigenvalue weighted by atomic mass is 13.9. The molecule has 0 radical (unpaired) electrons. The summed E-state index contributed by atoms with van der Waals surface area (Å²) >= 11 is 0. The lowest BCUT2D eigenvalue weighted by molar-refractivity contribution is 1.36. The molecule has 0 heterocycles. The van der Waals surface area contributed by atoms with Gasteiger partial charge in [0.1, 0.15) is 0 Å². The molecule has 0 amide bonds. The summed E-state index contributed by atoms with van der Waals surface area (Å²) in [5.41, 5.74) is 3.24. The van der Waals surface area contributed by atoms with Crippen LogP contribution in [0.4, 0.5) is 0 Å². The Kier molecular flexibility index (Phi) is 3.76. The monoisotopic (exact) mass is 182 g/mol. The first-order valence-corrected chi connectivity index (χ1v) is 4.61. The fourth-order valence-corrected chi connectivity index (χ4v) is 1.04. The van der Waals surface area contributed by atoms with E-state index < -0.39 is 0 Å². The average Bonchev–Trinajstić information content (AvgIpc) is 2.20. The summed E-state index contributed by atoms with van der Waals surface area (Å²) in [6.07, 6.45) is 1.80. The maximum Gasteiger partial charge on any atom is 0.0249 e. The van der Waals surface area contributed by atoms with Crippen molar-refractivity contribution in [3.63, 3.8) is 0 Å². The van der Waals surface area contributed by atoms with Crippen molar-refractivity contribution in [2.45, 2.75) is 13.8 Å². The van der Waals surface area contributed by atoms with Crippen molar-refractivity contribution in [2.24, 2.45) is 0 Å². The summed E-state index contributed by atoms with van der Waals surface area (Å²) in [6, 6.07) is 9.96. The van der Waals surface area contributed by atoms with Crippen LogP contribution in [0, 0.1) is 11.8 Å². The summed E-state index contributed by atoms with van der Waals surface area (Å²) in [4.78, 5) is 0. The number of rotatable bonds is 1. The molecule has 0 spiro atoms. The molecule has 0 aliphatic rings. The summed E-state index contributed by atoms with van der Waals surface area (Å²) < 4.78 is 0. The highest BCUT2D eigenvalue weighted by molar-refractivity contribution is 5.45. The molecule has 0 aliphatic heterocycles. The van der Waals surface area contributed by atoms with Crippen LogP contribution in [0.5, 0.6) is 0 Å². The topological polar surface area (TPSA) is 0 Å². The van der Waals surface area contributed by atoms with Crippen LogP contribution in [-0.4, -0.2) is 0 Å². The third-order valence-electron chi connectivity index (χ3n) is 1.86. The summed E-state index contributed by atoms with van der Waals surface area (Å²) in [7, 11) is 0. The summed E-state index contributed by atoms with van der Waals surface area (Å²) in [5.74, 6) is 6.19. The molecule has 0 saturated heterocycles. The number of hydrogen-bond acceptors (Lipinski definition) is 0.